The molecule has 0 atom stereocenters. The predicted molar refractivity (Wildman–Crippen MR) is 61.0 cm³/mol. The average Bonchev–Trinajstić information content (AvgIpc) is 2.78. The van der Waals surface area contributed by atoms with Gasteiger partial charge in [-0.3, -0.25) is 0 Å². The quantitative estimate of drug-likeness (QED) is 0.587. The van der Waals surface area contributed by atoms with Crippen molar-refractivity contribution < 1.29 is 9.53 Å². The lowest BCUT2D eigenvalue weighted by molar-refractivity contribution is 0.0587. The molecular formula is C8H6IN5O2. The molecule has 2 heterocycles. The first-order valence-corrected chi connectivity index (χ1v) is 5.26. The Morgan fingerprint density at radius 3 is 2.69 bits per heavy atom. The van der Waals surface area contributed by atoms with Gasteiger partial charge in [-0.1, -0.05) is 0 Å². The number of halogens is 1. The molecule has 0 aromatic carbocycles. The molecule has 2 aromatic rings. The van der Waals surface area contributed by atoms with Gasteiger partial charge in [0.2, 0.25) is 0 Å². The second-order valence-electron chi connectivity index (χ2n) is 2.71. The minimum absolute atomic E-state index is 0.0235. The van der Waals surface area contributed by atoms with E-state index in [4.69, 9.17) is 0 Å². The molecule has 8 heteroatoms. The van der Waals surface area contributed by atoms with Crippen LogP contribution in [0.4, 0.5) is 0 Å². The van der Waals surface area contributed by atoms with E-state index in [0.29, 0.717) is 5.95 Å². The fraction of sp³-hybridized carbons (Fsp3) is 0.125. The number of methoxy groups -OCH3 is 1. The van der Waals surface area contributed by atoms with Crippen LogP contribution >= 0.6 is 22.6 Å². The first-order chi connectivity index (χ1) is 7.70. The smallest absolute Gasteiger partial charge is 0.377 e. The van der Waals surface area contributed by atoms with Gasteiger partial charge < -0.3 is 4.74 Å². The molecule has 0 spiro atoms. The summed E-state index contributed by atoms with van der Waals surface area (Å²) in [5.74, 6) is -0.267. The maximum absolute atomic E-state index is 11.1. The number of nitrogens with zero attached hydrogens (tertiary/aromatic N) is 5. The molecule has 0 N–H and O–H groups in total. The van der Waals surface area contributed by atoms with Gasteiger partial charge in [0.1, 0.15) is 6.33 Å². The van der Waals surface area contributed by atoms with E-state index in [1.165, 1.54) is 18.1 Å². The highest BCUT2D eigenvalue weighted by Gasteiger charge is 2.12. The van der Waals surface area contributed by atoms with Crippen molar-refractivity contribution in [3.05, 3.63) is 28.1 Å². The minimum Gasteiger partial charge on any atom is -0.463 e. The van der Waals surface area contributed by atoms with E-state index >= 15 is 0 Å². The number of ether oxygens (including phenoxy) is 1. The molecule has 0 aliphatic carbocycles. The summed E-state index contributed by atoms with van der Waals surface area (Å²) in [6, 6.07) is 0. The summed E-state index contributed by atoms with van der Waals surface area (Å²) in [7, 11) is 1.27. The Morgan fingerprint density at radius 2 is 2.06 bits per heavy atom. The van der Waals surface area contributed by atoms with Crippen LogP contribution in [0.5, 0.6) is 0 Å². The van der Waals surface area contributed by atoms with Crippen LogP contribution < -0.4 is 0 Å². The van der Waals surface area contributed by atoms with Crippen LogP contribution in [0.3, 0.4) is 0 Å². The lowest BCUT2D eigenvalue weighted by Crippen LogP contribution is -2.06. The van der Waals surface area contributed by atoms with E-state index in [0.717, 1.165) is 3.57 Å². The molecule has 0 unspecified atom stereocenters. The van der Waals surface area contributed by atoms with Crippen LogP contribution in [0.2, 0.25) is 0 Å². The molecule has 16 heavy (non-hydrogen) atoms. The first-order valence-electron chi connectivity index (χ1n) is 4.18. The molecular weight excluding hydrogens is 325 g/mol. The van der Waals surface area contributed by atoms with E-state index in [1.54, 1.807) is 12.4 Å². The number of carbonyl (C=O) groups excluding carboxylic acids is 1. The Labute approximate surface area is 104 Å². The van der Waals surface area contributed by atoms with Crippen molar-refractivity contribution in [3.63, 3.8) is 0 Å². The van der Waals surface area contributed by atoms with Crippen molar-refractivity contribution in [3.8, 4) is 5.95 Å². The Balaban J connectivity index is 2.31. The molecule has 0 aliphatic heterocycles. The minimum atomic E-state index is -0.593. The summed E-state index contributed by atoms with van der Waals surface area (Å²) >= 11 is 2.09. The number of rotatable bonds is 2. The number of carbonyl (C=O) groups is 1. The van der Waals surface area contributed by atoms with Crippen molar-refractivity contribution in [1.29, 1.82) is 0 Å². The van der Waals surface area contributed by atoms with Crippen LogP contribution in [-0.4, -0.2) is 37.8 Å². The second-order valence-corrected chi connectivity index (χ2v) is 3.95. The van der Waals surface area contributed by atoms with Crippen LogP contribution in [0, 0.1) is 3.57 Å². The fourth-order valence-electron chi connectivity index (χ4n) is 0.968. The average molecular weight is 331 g/mol. The summed E-state index contributed by atoms with van der Waals surface area (Å²) in [6.07, 6.45) is 4.64. The maximum atomic E-state index is 11.1. The summed E-state index contributed by atoms with van der Waals surface area (Å²) in [5, 5.41) is 3.88. The zero-order chi connectivity index (χ0) is 11.5. The van der Waals surface area contributed by atoms with Crippen LogP contribution in [0.1, 0.15) is 10.6 Å². The van der Waals surface area contributed by atoms with E-state index < -0.39 is 5.97 Å². The van der Waals surface area contributed by atoms with Gasteiger partial charge in [-0.05, 0) is 22.6 Å². The highest BCUT2D eigenvalue weighted by Crippen LogP contribution is 2.03. The molecule has 0 amide bonds. The van der Waals surface area contributed by atoms with E-state index in [-0.39, 0.29) is 5.82 Å². The van der Waals surface area contributed by atoms with Crippen molar-refractivity contribution in [2.75, 3.05) is 7.11 Å². The summed E-state index contributed by atoms with van der Waals surface area (Å²) in [4.78, 5) is 23.0. The monoisotopic (exact) mass is 331 g/mol. The summed E-state index contributed by atoms with van der Waals surface area (Å²) in [6.45, 7) is 0. The molecule has 2 rings (SSSR count). The molecule has 0 saturated carbocycles. The van der Waals surface area contributed by atoms with E-state index in [2.05, 4.69) is 47.4 Å². The SMILES string of the molecule is COC(=O)c1ncn(-c2ncc(I)cn2)n1. The largest absolute Gasteiger partial charge is 0.463 e. The van der Waals surface area contributed by atoms with E-state index in [1.807, 2.05) is 0 Å². The Hall–Kier alpha value is -1.58. The molecule has 0 saturated heterocycles. The second kappa shape index (κ2) is 4.51. The van der Waals surface area contributed by atoms with Crippen LogP contribution in [-0.2, 0) is 4.74 Å². The van der Waals surface area contributed by atoms with Gasteiger partial charge in [0.15, 0.2) is 0 Å². The fourth-order valence-corrected chi connectivity index (χ4v) is 1.25. The predicted octanol–water partition coefficient (Wildman–Crippen LogP) is 0.449. The lowest BCUT2D eigenvalue weighted by atomic mass is 10.6. The van der Waals surface area contributed by atoms with Crippen LogP contribution in [0.15, 0.2) is 18.7 Å². The summed E-state index contributed by atoms with van der Waals surface area (Å²) < 4.78 is 6.70. The van der Waals surface area contributed by atoms with Gasteiger partial charge in [-0.2, -0.15) is 4.68 Å². The molecule has 0 fully saturated rings. The Bertz CT molecular complexity index is 509. The number of aromatic nitrogens is 5. The van der Waals surface area contributed by atoms with Gasteiger partial charge >= 0.3 is 5.97 Å². The molecule has 0 aliphatic rings. The normalized spacial score (nSPS) is 10.1. The van der Waals surface area contributed by atoms with Crippen molar-refractivity contribution in [2.24, 2.45) is 0 Å². The summed E-state index contributed by atoms with van der Waals surface area (Å²) in [5.41, 5.74) is 0. The lowest BCUT2D eigenvalue weighted by Gasteiger charge is -1.96. The zero-order valence-electron chi connectivity index (χ0n) is 8.16. The number of esters is 1. The van der Waals surface area contributed by atoms with Gasteiger partial charge in [0.25, 0.3) is 11.8 Å². The van der Waals surface area contributed by atoms with Gasteiger partial charge in [-0.15, -0.1) is 5.10 Å². The van der Waals surface area contributed by atoms with Crippen molar-refractivity contribution in [2.45, 2.75) is 0 Å². The third-order valence-electron chi connectivity index (χ3n) is 1.67. The van der Waals surface area contributed by atoms with Crippen molar-refractivity contribution >= 4 is 28.6 Å². The maximum Gasteiger partial charge on any atom is 0.377 e. The highest BCUT2D eigenvalue weighted by atomic mass is 127. The molecule has 0 radical (unpaired) electrons. The Morgan fingerprint density at radius 1 is 1.38 bits per heavy atom. The zero-order valence-corrected chi connectivity index (χ0v) is 10.3. The van der Waals surface area contributed by atoms with Gasteiger partial charge in [0.05, 0.1) is 7.11 Å². The number of hydrogen-bond donors (Lipinski definition) is 0. The number of hydrogen-bond acceptors (Lipinski definition) is 6. The van der Waals surface area contributed by atoms with Gasteiger partial charge in [-0.25, -0.2) is 19.7 Å². The van der Waals surface area contributed by atoms with Crippen LogP contribution in [0.25, 0.3) is 5.95 Å². The Kier molecular flexibility index (Phi) is 3.08. The molecule has 0 bridgehead atoms. The molecule has 82 valence electrons. The van der Waals surface area contributed by atoms with E-state index in [9.17, 15) is 4.79 Å². The third-order valence-corrected chi connectivity index (χ3v) is 2.23. The molecule has 2 aromatic heterocycles. The topological polar surface area (TPSA) is 82.8 Å². The third kappa shape index (κ3) is 2.15. The highest BCUT2D eigenvalue weighted by molar-refractivity contribution is 14.1. The standard InChI is InChI=1S/C8H6IN5O2/c1-16-7(15)6-12-4-14(13-6)8-10-2-5(9)3-11-8/h2-4H,1H3. The van der Waals surface area contributed by atoms with Crippen molar-refractivity contribution in [1.82, 2.24) is 24.7 Å². The van der Waals surface area contributed by atoms with Gasteiger partial charge in [0, 0.05) is 16.0 Å². The first kappa shape index (κ1) is 10.9. The molecule has 7 nitrogen and oxygen atoms in total.